The predicted molar refractivity (Wildman–Crippen MR) is 84.1 cm³/mol. The molecule has 0 atom stereocenters. The molecule has 3 N–H and O–H groups in total. The minimum atomic E-state index is -3.59. The van der Waals surface area contributed by atoms with E-state index in [0.29, 0.717) is 10.2 Å². The molecule has 0 bridgehead atoms. The van der Waals surface area contributed by atoms with Crippen LogP contribution in [0.2, 0.25) is 0 Å². The highest BCUT2D eigenvalue weighted by atomic mass is 79.9. The summed E-state index contributed by atoms with van der Waals surface area (Å²) in [5.41, 5.74) is 6.10. The first kappa shape index (κ1) is 15.4. The Kier molecular flexibility index (Phi) is 4.79. The van der Waals surface area contributed by atoms with Crippen molar-refractivity contribution in [3.05, 3.63) is 38.8 Å². The third-order valence-electron chi connectivity index (χ3n) is 2.61. The van der Waals surface area contributed by atoms with E-state index in [-0.39, 0.29) is 11.4 Å². The lowest BCUT2D eigenvalue weighted by Gasteiger charge is -2.07. The number of aromatic nitrogens is 1. The van der Waals surface area contributed by atoms with Crippen LogP contribution in [0.4, 0.5) is 5.69 Å². The van der Waals surface area contributed by atoms with Gasteiger partial charge in [-0.3, -0.25) is 0 Å². The van der Waals surface area contributed by atoms with Gasteiger partial charge in [0.1, 0.15) is 5.01 Å². The maximum atomic E-state index is 12.2. The van der Waals surface area contributed by atoms with E-state index in [1.165, 1.54) is 17.4 Å². The van der Waals surface area contributed by atoms with Gasteiger partial charge in [-0.2, -0.15) is 0 Å². The van der Waals surface area contributed by atoms with Gasteiger partial charge in [-0.05, 0) is 40.5 Å². The van der Waals surface area contributed by atoms with E-state index in [1.54, 1.807) is 18.3 Å². The van der Waals surface area contributed by atoms with Gasteiger partial charge < -0.3 is 5.73 Å². The van der Waals surface area contributed by atoms with Crippen LogP contribution in [0.25, 0.3) is 0 Å². The van der Waals surface area contributed by atoms with Gasteiger partial charge in [-0.1, -0.05) is 6.92 Å². The molecule has 0 spiro atoms. The summed E-state index contributed by atoms with van der Waals surface area (Å²) in [6, 6.07) is 4.59. The number of nitrogen functional groups attached to an aromatic ring is 1. The minimum Gasteiger partial charge on any atom is -0.399 e. The molecule has 2 aromatic rings. The number of halogens is 1. The fourth-order valence-corrected chi connectivity index (χ4v) is 4.54. The van der Waals surface area contributed by atoms with Crippen molar-refractivity contribution in [3.8, 4) is 0 Å². The number of benzene rings is 1. The number of aryl methyl sites for hydroxylation is 1. The molecule has 1 heterocycles. The Balaban J connectivity index is 2.14. The van der Waals surface area contributed by atoms with Crippen LogP contribution in [0.1, 0.15) is 16.8 Å². The Labute approximate surface area is 130 Å². The SMILES string of the molecule is CCc1cnc(CNS(=O)(=O)c2ccc(N)cc2Br)s1. The maximum absolute atomic E-state index is 12.2. The van der Waals surface area contributed by atoms with Crippen LogP contribution in [0.15, 0.2) is 33.8 Å². The smallest absolute Gasteiger partial charge is 0.242 e. The van der Waals surface area contributed by atoms with E-state index in [0.717, 1.165) is 16.3 Å². The summed E-state index contributed by atoms with van der Waals surface area (Å²) in [4.78, 5) is 5.48. The first-order valence-corrected chi connectivity index (χ1v) is 9.00. The van der Waals surface area contributed by atoms with Crippen LogP contribution < -0.4 is 10.5 Å². The molecule has 2 rings (SSSR count). The number of sulfonamides is 1. The summed E-state index contributed by atoms with van der Waals surface area (Å²) < 4.78 is 27.4. The Morgan fingerprint density at radius 2 is 2.20 bits per heavy atom. The van der Waals surface area contributed by atoms with Crippen molar-refractivity contribution in [3.63, 3.8) is 0 Å². The monoisotopic (exact) mass is 375 g/mol. The van der Waals surface area contributed by atoms with Crippen molar-refractivity contribution in [2.24, 2.45) is 0 Å². The molecule has 0 radical (unpaired) electrons. The lowest BCUT2D eigenvalue weighted by atomic mass is 10.3. The zero-order chi connectivity index (χ0) is 14.8. The highest BCUT2D eigenvalue weighted by molar-refractivity contribution is 9.10. The number of nitrogens with zero attached hydrogens (tertiary/aromatic N) is 1. The molecule has 108 valence electrons. The number of thiazole rings is 1. The Morgan fingerprint density at radius 1 is 1.45 bits per heavy atom. The molecule has 0 fully saturated rings. The zero-order valence-corrected chi connectivity index (χ0v) is 14.0. The Hall–Kier alpha value is -0.960. The quantitative estimate of drug-likeness (QED) is 0.786. The van der Waals surface area contributed by atoms with Crippen LogP contribution >= 0.6 is 27.3 Å². The number of hydrogen-bond acceptors (Lipinski definition) is 5. The number of nitrogens with two attached hydrogens (primary N) is 1. The molecule has 1 aromatic carbocycles. The standard InChI is InChI=1S/C12H14BrN3O2S2/c1-2-9-6-15-12(19-9)7-16-20(17,18)11-4-3-8(14)5-10(11)13/h3-6,16H,2,7,14H2,1H3. The highest BCUT2D eigenvalue weighted by Crippen LogP contribution is 2.24. The molecular formula is C12H14BrN3O2S2. The maximum Gasteiger partial charge on any atom is 0.242 e. The van der Waals surface area contributed by atoms with Gasteiger partial charge in [0.25, 0.3) is 0 Å². The normalized spacial score (nSPS) is 11.7. The summed E-state index contributed by atoms with van der Waals surface area (Å²) in [6.07, 6.45) is 2.67. The van der Waals surface area contributed by atoms with Gasteiger partial charge in [-0.15, -0.1) is 11.3 Å². The lowest BCUT2D eigenvalue weighted by Crippen LogP contribution is -2.23. The van der Waals surface area contributed by atoms with Gasteiger partial charge in [0.2, 0.25) is 10.0 Å². The third kappa shape index (κ3) is 3.57. The molecule has 0 unspecified atom stereocenters. The van der Waals surface area contributed by atoms with E-state index in [2.05, 4.69) is 25.6 Å². The molecular weight excluding hydrogens is 362 g/mol. The summed E-state index contributed by atoms with van der Waals surface area (Å²) in [5.74, 6) is 0. The van der Waals surface area contributed by atoms with Crippen molar-refractivity contribution < 1.29 is 8.42 Å². The first-order valence-electron chi connectivity index (χ1n) is 5.90. The number of anilines is 1. The number of hydrogen-bond donors (Lipinski definition) is 2. The lowest BCUT2D eigenvalue weighted by molar-refractivity contribution is 0.580. The molecule has 0 amide bonds. The highest BCUT2D eigenvalue weighted by Gasteiger charge is 2.18. The van der Waals surface area contributed by atoms with Gasteiger partial charge in [0, 0.05) is 21.2 Å². The fraction of sp³-hybridized carbons (Fsp3) is 0.250. The molecule has 0 aliphatic carbocycles. The summed E-state index contributed by atoms with van der Waals surface area (Å²) in [5, 5.41) is 0.747. The van der Waals surface area contributed by atoms with Crippen LogP contribution in [-0.2, 0) is 23.0 Å². The topological polar surface area (TPSA) is 85.1 Å². The van der Waals surface area contributed by atoms with E-state index in [1.807, 2.05) is 6.92 Å². The van der Waals surface area contributed by atoms with Crippen molar-refractivity contribution in [2.45, 2.75) is 24.8 Å². The minimum absolute atomic E-state index is 0.166. The molecule has 0 saturated heterocycles. The Bertz CT molecular complexity index is 713. The van der Waals surface area contributed by atoms with Crippen LogP contribution in [0.3, 0.4) is 0 Å². The zero-order valence-electron chi connectivity index (χ0n) is 10.8. The van der Waals surface area contributed by atoms with E-state index in [9.17, 15) is 8.42 Å². The second-order valence-electron chi connectivity index (χ2n) is 4.09. The van der Waals surface area contributed by atoms with Crippen molar-refractivity contribution in [2.75, 3.05) is 5.73 Å². The van der Waals surface area contributed by atoms with Gasteiger partial charge >= 0.3 is 0 Å². The average molecular weight is 376 g/mol. The molecule has 0 aliphatic rings. The molecule has 8 heteroatoms. The average Bonchev–Trinajstić information content (AvgIpc) is 2.84. The largest absolute Gasteiger partial charge is 0.399 e. The van der Waals surface area contributed by atoms with Gasteiger partial charge in [-0.25, -0.2) is 18.1 Å². The van der Waals surface area contributed by atoms with Gasteiger partial charge in [0.05, 0.1) is 11.4 Å². The fourth-order valence-electron chi connectivity index (χ4n) is 1.56. The Morgan fingerprint density at radius 3 is 2.80 bits per heavy atom. The predicted octanol–water partition coefficient (Wildman–Crippen LogP) is 2.53. The van der Waals surface area contributed by atoms with Crippen LogP contribution in [0.5, 0.6) is 0 Å². The third-order valence-corrected chi connectivity index (χ3v) is 6.13. The van der Waals surface area contributed by atoms with E-state index >= 15 is 0 Å². The first-order chi connectivity index (χ1) is 9.42. The van der Waals surface area contributed by atoms with Crippen LogP contribution in [-0.4, -0.2) is 13.4 Å². The second kappa shape index (κ2) is 6.21. The molecule has 1 aromatic heterocycles. The number of rotatable bonds is 5. The van der Waals surface area contributed by atoms with Crippen molar-refractivity contribution in [1.29, 1.82) is 0 Å². The summed E-state index contributed by atoms with van der Waals surface area (Å²) in [6.45, 7) is 2.22. The number of nitrogens with one attached hydrogen (secondary N) is 1. The molecule has 5 nitrogen and oxygen atoms in total. The second-order valence-corrected chi connectivity index (χ2v) is 7.88. The van der Waals surface area contributed by atoms with Crippen LogP contribution in [0, 0.1) is 0 Å². The van der Waals surface area contributed by atoms with E-state index in [4.69, 9.17) is 5.73 Å². The van der Waals surface area contributed by atoms with E-state index < -0.39 is 10.0 Å². The summed E-state index contributed by atoms with van der Waals surface area (Å²) >= 11 is 4.72. The summed E-state index contributed by atoms with van der Waals surface area (Å²) in [7, 11) is -3.59. The van der Waals surface area contributed by atoms with Gasteiger partial charge in [0.15, 0.2) is 0 Å². The molecule has 0 aliphatic heterocycles. The molecule has 20 heavy (non-hydrogen) atoms. The van der Waals surface area contributed by atoms with Crippen molar-refractivity contribution in [1.82, 2.24) is 9.71 Å². The molecule has 0 saturated carbocycles. The van der Waals surface area contributed by atoms with Crippen molar-refractivity contribution >= 4 is 43.0 Å².